The number of hydrogen-bond donors (Lipinski definition) is 1. The third kappa shape index (κ3) is 3.94. The first kappa shape index (κ1) is 18.5. The van der Waals surface area contributed by atoms with E-state index in [-0.39, 0.29) is 23.6 Å². The maximum absolute atomic E-state index is 13.0. The second-order valence-electron chi connectivity index (χ2n) is 6.64. The van der Waals surface area contributed by atoms with Crippen LogP contribution in [0.25, 0.3) is 0 Å². The molecule has 140 valence electrons. The van der Waals surface area contributed by atoms with Gasteiger partial charge in [-0.3, -0.25) is 9.69 Å². The van der Waals surface area contributed by atoms with Crippen molar-refractivity contribution >= 4 is 5.78 Å². The molecule has 1 aliphatic rings. The molecule has 0 saturated carbocycles. The Morgan fingerprint density at radius 2 is 2.00 bits per heavy atom. The molecule has 1 aromatic carbocycles. The summed E-state index contributed by atoms with van der Waals surface area (Å²) in [6.07, 6.45) is 0.579. The van der Waals surface area contributed by atoms with Crippen LogP contribution >= 0.6 is 0 Å². The van der Waals surface area contributed by atoms with E-state index in [1.54, 1.807) is 6.07 Å². The number of ether oxygens (including phenoxy) is 1. The van der Waals surface area contributed by atoms with E-state index in [2.05, 4.69) is 10.1 Å². The standard InChI is InChI=1S/C19H23FN2O4/c1-12(18(23)16-11-17(25-2)21-26-16)22-9-7-14(8-10-22)19(24)13-3-5-15(20)6-4-13/h3-6,11-12,14,18,23H,7-10H2,1-2H3. The maximum atomic E-state index is 13.0. The number of benzene rings is 1. The molecule has 2 heterocycles. The Labute approximate surface area is 151 Å². The molecule has 2 aromatic rings. The van der Waals surface area contributed by atoms with Gasteiger partial charge in [-0.25, -0.2) is 4.39 Å². The van der Waals surface area contributed by atoms with E-state index in [4.69, 9.17) is 9.26 Å². The van der Waals surface area contributed by atoms with E-state index < -0.39 is 6.10 Å². The number of carbonyl (C=O) groups is 1. The second kappa shape index (κ2) is 7.97. The molecule has 6 nitrogen and oxygen atoms in total. The average molecular weight is 362 g/mol. The van der Waals surface area contributed by atoms with Gasteiger partial charge in [0.2, 0.25) is 0 Å². The van der Waals surface area contributed by atoms with E-state index in [1.807, 2.05) is 6.92 Å². The van der Waals surface area contributed by atoms with Gasteiger partial charge in [-0.05, 0) is 62.3 Å². The Morgan fingerprint density at radius 3 is 2.58 bits per heavy atom. The van der Waals surface area contributed by atoms with Crippen molar-refractivity contribution in [2.45, 2.75) is 31.9 Å². The zero-order valence-electron chi connectivity index (χ0n) is 14.9. The SMILES string of the molecule is COc1cc(C(O)C(C)N2CCC(C(=O)c3ccc(F)cc3)CC2)on1. The number of piperidine rings is 1. The van der Waals surface area contributed by atoms with E-state index >= 15 is 0 Å². The lowest BCUT2D eigenvalue weighted by atomic mass is 9.88. The predicted octanol–water partition coefficient (Wildman–Crippen LogP) is 2.84. The van der Waals surface area contributed by atoms with Crippen molar-refractivity contribution in [3.8, 4) is 5.88 Å². The average Bonchev–Trinajstić information content (AvgIpc) is 3.16. The molecule has 1 aliphatic heterocycles. The number of aliphatic hydroxyl groups excluding tert-OH is 1. The van der Waals surface area contributed by atoms with Crippen molar-refractivity contribution in [1.29, 1.82) is 0 Å². The van der Waals surface area contributed by atoms with Crippen LogP contribution in [0.1, 0.15) is 42.0 Å². The highest BCUT2D eigenvalue weighted by Crippen LogP contribution is 2.28. The number of carbonyl (C=O) groups excluding carboxylic acids is 1. The Bertz CT molecular complexity index is 738. The monoisotopic (exact) mass is 362 g/mol. The molecule has 1 N–H and O–H groups in total. The van der Waals surface area contributed by atoms with Crippen LogP contribution in [0.5, 0.6) is 5.88 Å². The van der Waals surface area contributed by atoms with Crippen LogP contribution in [0.15, 0.2) is 34.9 Å². The van der Waals surface area contributed by atoms with Crippen LogP contribution in [0.4, 0.5) is 4.39 Å². The summed E-state index contributed by atoms with van der Waals surface area (Å²) in [5.41, 5.74) is 0.548. The van der Waals surface area contributed by atoms with Crippen molar-refractivity contribution in [1.82, 2.24) is 10.1 Å². The van der Waals surface area contributed by atoms with Crippen LogP contribution in [-0.4, -0.2) is 47.2 Å². The van der Waals surface area contributed by atoms with Crippen LogP contribution in [0.2, 0.25) is 0 Å². The van der Waals surface area contributed by atoms with Gasteiger partial charge in [-0.2, -0.15) is 0 Å². The van der Waals surface area contributed by atoms with E-state index in [9.17, 15) is 14.3 Å². The first-order valence-corrected chi connectivity index (χ1v) is 8.72. The highest BCUT2D eigenvalue weighted by Gasteiger charge is 2.32. The fraction of sp³-hybridized carbons (Fsp3) is 0.474. The summed E-state index contributed by atoms with van der Waals surface area (Å²) in [5.74, 6) is 0.321. The van der Waals surface area contributed by atoms with Gasteiger partial charge in [0.1, 0.15) is 11.9 Å². The zero-order chi connectivity index (χ0) is 18.7. The summed E-state index contributed by atoms with van der Waals surface area (Å²) in [6, 6.07) is 7.10. The Balaban J connectivity index is 1.57. The maximum Gasteiger partial charge on any atom is 0.254 e. The molecule has 2 unspecified atom stereocenters. The number of methoxy groups -OCH3 is 1. The molecule has 1 fully saturated rings. The van der Waals surface area contributed by atoms with Crippen LogP contribution in [0, 0.1) is 11.7 Å². The van der Waals surface area contributed by atoms with Crippen LogP contribution in [0.3, 0.4) is 0 Å². The predicted molar refractivity (Wildman–Crippen MR) is 92.5 cm³/mol. The third-order valence-electron chi connectivity index (χ3n) is 5.07. The van der Waals surface area contributed by atoms with Gasteiger partial charge in [-0.1, -0.05) is 0 Å². The van der Waals surface area contributed by atoms with E-state index in [0.717, 1.165) is 0 Å². The van der Waals surface area contributed by atoms with Gasteiger partial charge in [-0.15, -0.1) is 0 Å². The number of likely N-dealkylation sites (tertiary alicyclic amines) is 1. The topological polar surface area (TPSA) is 75.8 Å². The molecule has 0 radical (unpaired) electrons. The number of aromatic nitrogens is 1. The number of Topliss-reactive ketones (excluding diaryl/α,β-unsaturated/α-hetero) is 1. The summed E-state index contributed by atoms with van der Waals surface area (Å²) in [5, 5.41) is 14.2. The van der Waals surface area contributed by atoms with Crippen molar-refractivity contribution in [3.63, 3.8) is 0 Å². The lowest BCUT2D eigenvalue weighted by Gasteiger charge is -2.36. The number of ketones is 1. The van der Waals surface area contributed by atoms with E-state index in [0.29, 0.717) is 43.1 Å². The summed E-state index contributed by atoms with van der Waals surface area (Å²) >= 11 is 0. The highest BCUT2D eigenvalue weighted by molar-refractivity contribution is 5.97. The fourth-order valence-corrected chi connectivity index (χ4v) is 3.36. The summed E-state index contributed by atoms with van der Waals surface area (Å²) < 4.78 is 23.1. The molecule has 0 aliphatic carbocycles. The molecule has 1 aromatic heterocycles. The van der Waals surface area contributed by atoms with Gasteiger partial charge >= 0.3 is 0 Å². The molecule has 0 bridgehead atoms. The summed E-state index contributed by atoms with van der Waals surface area (Å²) in [4.78, 5) is 14.7. The lowest BCUT2D eigenvalue weighted by molar-refractivity contribution is 0.0224. The van der Waals surface area contributed by atoms with Crippen LogP contribution < -0.4 is 4.74 Å². The molecule has 2 atom stereocenters. The van der Waals surface area contributed by atoms with Gasteiger partial charge in [0.25, 0.3) is 5.88 Å². The smallest absolute Gasteiger partial charge is 0.254 e. The van der Waals surface area contributed by atoms with Crippen molar-refractivity contribution < 1.29 is 23.6 Å². The second-order valence-corrected chi connectivity index (χ2v) is 6.64. The number of nitrogens with zero attached hydrogens (tertiary/aromatic N) is 2. The van der Waals surface area contributed by atoms with Crippen molar-refractivity contribution in [3.05, 3.63) is 47.5 Å². The molecule has 7 heteroatoms. The molecule has 0 spiro atoms. The molecule has 3 rings (SSSR count). The van der Waals surface area contributed by atoms with Crippen LogP contribution in [-0.2, 0) is 0 Å². The number of aliphatic hydroxyl groups is 1. The molecule has 1 saturated heterocycles. The van der Waals surface area contributed by atoms with E-state index in [1.165, 1.54) is 31.4 Å². The fourth-order valence-electron chi connectivity index (χ4n) is 3.36. The van der Waals surface area contributed by atoms with Gasteiger partial charge in [0.05, 0.1) is 7.11 Å². The van der Waals surface area contributed by atoms with Gasteiger partial charge in [0.15, 0.2) is 11.5 Å². The molecule has 26 heavy (non-hydrogen) atoms. The first-order chi connectivity index (χ1) is 12.5. The summed E-state index contributed by atoms with van der Waals surface area (Å²) in [6.45, 7) is 3.31. The Hall–Kier alpha value is -2.25. The largest absolute Gasteiger partial charge is 0.479 e. The van der Waals surface area contributed by atoms with Crippen molar-refractivity contribution in [2.24, 2.45) is 5.92 Å². The third-order valence-corrected chi connectivity index (χ3v) is 5.07. The zero-order valence-corrected chi connectivity index (χ0v) is 14.9. The number of halogens is 1. The molecular formula is C19H23FN2O4. The normalized spacial score (nSPS) is 18.5. The number of hydrogen-bond acceptors (Lipinski definition) is 6. The molecule has 0 amide bonds. The first-order valence-electron chi connectivity index (χ1n) is 8.72. The Kier molecular flexibility index (Phi) is 5.68. The summed E-state index contributed by atoms with van der Waals surface area (Å²) in [7, 11) is 1.49. The van der Waals surface area contributed by atoms with Gasteiger partial charge < -0.3 is 14.4 Å². The minimum absolute atomic E-state index is 0.0535. The minimum Gasteiger partial charge on any atom is -0.479 e. The molecular weight excluding hydrogens is 339 g/mol. The highest BCUT2D eigenvalue weighted by atomic mass is 19.1. The van der Waals surface area contributed by atoms with Crippen molar-refractivity contribution in [2.75, 3.05) is 20.2 Å². The Morgan fingerprint density at radius 1 is 1.35 bits per heavy atom. The van der Waals surface area contributed by atoms with Gasteiger partial charge in [0, 0.05) is 23.6 Å². The quantitative estimate of drug-likeness (QED) is 0.797. The minimum atomic E-state index is -0.823. The lowest BCUT2D eigenvalue weighted by Crippen LogP contribution is -2.44. The number of rotatable bonds is 6.